The van der Waals surface area contributed by atoms with E-state index in [1.165, 1.54) is 11.8 Å². The second-order valence-corrected chi connectivity index (χ2v) is 7.96. The van der Waals surface area contributed by atoms with Crippen LogP contribution in [-0.2, 0) is 12.8 Å². The molecule has 0 N–H and O–H groups in total. The third-order valence-corrected chi connectivity index (χ3v) is 5.61. The van der Waals surface area contributed by atoms with Crippen LogP contribution in [0.1, 0.15) is 5.89 Å². The van der Waals surface area contributed by atoms with Crippen molar-refractivity contribution < 1.29 is 4.42 Å². The molecule has 2 aromatic heterocycles. The quantitative estimate of drug-likeness (QED) is 0.378. The zero-order chi connectivity index (χ0) is 18.8. The van der Waals surface area contributed by atoms with Crippen LogP contribution < -0.4 is 0 Å². The molecule has 0 radical (unpaired) electrons. The van der Waals surface area contributed by atoms with Gasteiger partial charge in [0.05, 0.1) is 5.75 Å². The molecule has 4 aromatic rings. The largest absolute Gasteiger partial charge is 0.420 e. The Bertz CT molecular complexity index is 1060. The van der Waals surface area contributed by atoms with Gasteiger partial charge in [0.1, 0.15) is 0 Å². The van der Waals surface area contributed by atoms with Crippen LogP contribution in [0.15, 0.2) is 62.6 Å². The van der Waals surface area contributed by atoms with Crippen LogP contribution in [0.3, 0.4) is 0 Å². The van der Waals surface area contributed by atoms with E-state index in [-0.39, 0.29) is 0 Å². The average molecular weight is 463 g/mol. The molecule has 0 fully saturated rings. The van der Waals surface area contributed by atoms with Gasteiger partial charge >= 0.3 is 0 Å². The fourth-order valence-corrected chi connectivity index (χ4v) is 3.58. The van der Waals surface area contributed by atoms with Crippen molar-refractivity contribution in [3.63, 3.8) is 0 Å². The standard InChI is InChI=1S/C18H13BrClN5OS/c1-25-16(11-4-8-14(20)9-5-11)22-24-18(25)27-10-15-21-23-17(26-15)12-2-6-13(19)7-3-12/h2-9H,10H2,1H3. The summed E-state index contributed by atoms with van der Waals surface area (Å²) >= 11 is 10.8. The predicted octanol–water partition coefficient (Wildman–Crippen LogP) is 5.24. The molecule has 2 heterocycles. The van der Waals surface area contributed by atoms with E-state index in [0.29, 0.717) is 22.6 Å². The SMILES string of the molecule is Cn1c(SCc2nnc(-c3ccc(Br)cc3)o2)nnc1-c1ccc(Cl)cc1. The highest BCUT2D eigenvalue weighted by Crippen LogP contribution is 2.27. The Kier molecular flexibility index (Phi) is 5.29. The second-order valence-electron chi connectivity index (χ2n) is 5.67. The molecular formula is C18H13BrClN5OS. The van der Waals surface area contributed by atoms with Crippen molar-refractivity contribution >= 4 is 39.3 Å². The molecule has 0 aliphatic rings. The maximum atomic E-state index is 5.94. The first-order valence-corrected chi connectivity index (χ1v) is 10.1. The van der Waals surface area contributed by atoms with Gasteiger partial charge in [-0.2, -0.15) is 0 Å². The van der Waals surface area contributed by atoms with Crippen molar-refractivity contribution in [2.75, 3.05) is 0 Å². The third-order valence-electron chi connectivity index (χ3n) is 3.82. The van der Waals surface area contributed by atoms with E-state index >= 15 is 0 Å². The van der Waals surface area contributed by atoms with Crippen LogP contribution in [0, 0.1) is 0 Å². The van der Waals surface area contributed by atoms with Gasteiger partial charge in [-0.15, -0.1) is 20.4 Å². The van der Waals surface area contributed by atoms with E-state index in [1.54, 1.807) is 0 Å². The Hall–Kier alpha value is -2.16. The molecule has 2 aromatic carbocycles. The summed E-state index contributed by atoms with van der Waals surface area (Å²) in [5, 5.41) is 18.2. The molecule has 0 spiro atoms. The number of aromatic nitrogens is 5. The molecule has 9 heteroatoms. The van der Waals surface area contributed by atoms with Crippen LogP contribution in [0.4, 0.5) is 0 Å². The van der Waals surface area contributed by atoms with Crippen molar-refractivity contribution in [2.24, 2.45) is 7.05 Å². The number of hydrogen-bond donors (Lipinski definition) is 0. The van der Waals surface area contributed by atoms with E-state index < -0.39 is 0 Å². The monoisotopic (exact) mass is 461 g/mol. The van der Waals surface area contributed by atoms with Crippen LogP contribution in [-0.4, -0.2) is 25.0 Å². The lowest BCUT2D eigenvalue weighted by molar-refractivity contribution is 0.528. The first-order valence-electron chi connectivity index (χ1n) is 7.96. The molecule has 0 aliphatic carbocycles. The van der Waals surface area contributed by atoms with Gasteiger partial charge in [0, 0.05) is 27.7 Å². The normalized spacial score (nSPS) is 11.1. The first-order chi connectivity index (χ1) is 13.1. The van der Waals surface area contributed by atoms with Crippen molar-refractivity contribution in [3.8, 4) is 22.8 Å². The highest BCUT2D eigenvalue weighted by Gasteiger charge is 2.14. The fourth-order valence-electron chi connectivity index (χ4n) is 2.44. The Morgan fingerprint density at radius 2 is 1.67 bits per heavy atom. The van der Waals surface area contributed by atoms with Crippen LogP contribution in [0.5, 0.6) is 0 Å². The molecule has 0 amide bonds. The molecule has 27 heavy (non-hydrogen) atoms. The number of halogens is 2. The van der Waals surface area contributed by atoms with Gasteiger partial charge in [-0.25, -0.2) is 0 Å². The number of hydrogen-bond acceptors (Lipinski definition) is 6. The van der Waals surface area contributed by atoms with Crippen molar-refractivity contribution in [3.05, 3.63) is 63.9 Å². The summed E-state index contributed by atoms with van der Waals surface area (Å²) in [5.74, 6) is 2.32. The number of benzene rings is 2. The first kappa shape index (κ1) is 18.2. The molecule has 4 rings (SSSR count). The summed E-state index contributed by atoms with van der Waals surface area (Å²) in [6.45, 7) is 0. The number of rotatable bonds is 5. The molecule has 136 valence electrons. The minimum Gasteiger partial charge on any atom is -0.420 e. The summed E-state index contributed by atoms with van der Waals surface area (Å²) in [6.07, 6.45) is 0. The van der Waals surface area contributed by atoms with Gasteiger partial charge < -0.3 is 8.98 Å². The van der Waals surface area contributed by atoms with Gasteiger partial charge in [-0.05, 0) is 48.5 Å². The smallest absolute Gasteiger partial charge is 0.247 e. The van der Waals surface area contributed by atoms with Gasteiger partial charge in [0.15, 0.2) is 11.0 Å². The lowest BCUT2D eigenvalue weighted by Gasteiger charge is -2.03. The van der Waals surface area contributed by atoms with E-state index in [2.05, 4.69) is 36.3 Å². The summed E-state index contributed by atoms with van der Waals surface area (Å²) < 4.78 is 8.68. The zero-order valence-corrected chi connectivity index (χ0v) is 17.3. The molecule has 0 aliphatic heterocycles. The van der Waals surface area contributed by atoms with E-state index in [9.17, 15) is 0 Å². The fraction of sp³-hybridized carbons (Fsp3) is 0.111. The minimum atomic E-state index is 0.498. The summed E-state index contributed by atoms with van der Waals surface area (Å²) in [7, 11) is 1.92. The van der Waals surface area contributed by atoms with E-state index in [4.69, 9.17) is 16.0 Å². The van der Waals surface area contributed by atoms with E-state index in [1.807, 2.05) is 60.1 Å². The molecule has 0 saturated carbocycles. The second kappa shape index (κ2) is 7.84. The molecule has 0 saturated heterocycles. The Labute approximate surface area is 173 Å². The molecule has 0 bridgehead atoms. The summed E-state index contributed by atoms with van der Waals surface area (Å²) in [5.41, 5.74) is 1.84. The maximum absolute atomic E-state index is 5.94. The zero-order valence-electron chi connectivity index (χ0n) is 14.1. The van der Waals surface area contributed by atoms with Crippen LogP contribution in [0.2, 0.25) is 5.02 Å². The maximum Gasteiger partial charge on any atom is 0.247 e. The Morgan fingerprint density at radius 3 is 2.41 bits per heavy atom. The van der Waals surface area contributed by atoms with E-state index in [0.717, 1.165) is 26.6 Å². The van der Waals surface area contributed by atoms with Gasteiger partial charge in [-0.1, -0.05) is 39.3 Å². The Morgan fingerprint density at radius 1 is 0.963 bits per heavy atom. The van der Waals surface area contributed by atoms with Crippen molar-refractivity contribution in [1.29, 1.82) is 0 Å². The lowest BCUT2D eigenvalue weighted by atomic mass is 10.2. The molecule has 6 nitrogen and oxygen atoms in total. The third kappa shape index (κ3) is 4.07. The minimum absolute atomic E-state index is 0.498. The highest BCUT2D eigenvalue weighted by molar-refractivity contribution is 9.10. The summed E-state index contributed by atoms with van der Waals surface area (Å²) in [4.78, 5) is 0. The topological polar surface area (TPSA) is 69.6 Å². The van der Waals surface area contributed by atoms with Crippen molar-refractivity contribution in [2.45, 2.75) is 10.9 Å². The van der Waals surface area contributed by atoms with Gasteiger partial charge in [0.2, 0.25) is 11.8 Å². The van der Waals surface area contributed by atoms with Crippen LogP contribution in [0.25, 0.3) is 22.8 Å². The molecule has 0 unspecified atom stereocenters. The lowest BCUT2D eigenvalue weighted by Crippen LogP contribution is -1.95. The highest BCUT2D eigenvalue weighted by atomic mass is 79.9. The van der Waals surface area contributed by atoms with Crippen LogP contribution >= 0.6 is 39.3 Å². The predicted molar refractivity (Wildman–Crippen MR) is 108 cm³/mol. The summed E-state index contributed by atoms with van der Waals surface area (Å²) in [6, 6.07) is 15.2. The van der Waals surface area contributed by atoms with Gasteiger partial charge in [-0.3, -0.25) is 0 Å². The Balaban J connectivity index is 1.46. The molecule has 0 atom stereocenters. The van der Waals surface area contributed by atoms with Gasteiger partial charge in [0.25, 0.3) is 0 Å². The number of thioether (sulfide) groups is 1. The average Bonchev–Trinajstić information content (AvgIpc) is 3.28. The molecular weight excluding hydrogens is 450 g/mol. The van der Waals surface area contributed by atoms with Crippen molar-refractivity contribution in [1.82, 2.24) is 25.0 Å². The number of nitrogens with zero attached hydrogens (tertiary/aromatic N) is 5.